The number of nitrogens with zero attached hydrogens (tertiary/aromatic N) is 1. The smallest absolute Gasteiger partial charge is 0.257 e. The Hall–Kier alpha value is -2.32. The van der Waals surface area contributed by atoms with E-state index in [4.69, 9.17) is 10.2 Å². The number of thiophene rings is 1. The molecule has 1 aromatic carbocycles. The first-order valence-corrected chi connectivity index (χ1v) is 8.15. The first-order valence-electron chi connectivity index (χ1n) is 6.29. The molecule has 6 nitrogen and oxygen atoms in total. The summed E-state index contributed by atoms with van der Waals surface area (Å²) in [6.45, 7) is 0. The van der Waals surface area contributed by atoms with Crippen LogP contribution in [0.3, 0.4) is 0 Å². The number of benzene rings is 1. The second-order valence-electron chi connectivity index (χ2n) is 4.31. The van der Waals surface area contributed by atoms with Crippen molar-refractivity contribution in [2.45, 2.75) is 5.22 Å². The first-order chi connectivity index (χ1) is 10.6. The highest BCUT2D eigenvalue weighted by Gasteiger charge is 2.14. The van der Waals surface area contributed by atoms with E-state index in [1.54, 1.807) is 11.4 Å². The van der Waals surface area contributed by atoms with Crippen molar-refractivity contribution in [1.82, 2.24) is 4.98 Å². The molecule has 0 aliphatic heterocycles. The van der Waals surface area contributed by atoms with Gasteiger partial charge in [-0.1, -0.05) is 23.9 Å². The van der Waals surface area contributed by atoms with Crippen LogP contribution in [0.5, 0.6) is 0 Å². The Balaban J connectivity index is 1.62. The van der Waals surface area contributed by atoms with Crippen molar-refractivity contribution in [3.63, 3.8) is 0 Å². The van der Waals surface area contributed by atoms with Crippen molar-refractivity contribution in [1.29, 1.82) is 0 Å². The number of para-hydroxylation sites is 2. The molecule has 2 heterocycles. The largest absolute Gasteiger partial charge is 0.431 e. The Bertz CT molecular complexity index is 808. The van der Waals surface area contributed by atoms with E-state index >= 15 is 0 Å². The second kappa shape index (κ2) is 6.20. The highest BCUT2D eigenvalue weighted by atomic mass is 32.2. The van der Waals surface area contributed by atoms with Gasteiger partial charge in [-0.2, -0.15) is 0 Å². The fraction of sp³-hybridized carbons (Fsp3) is 0.0714. The number of amides is 2. The molecule has 3 N–H and O–H groups in total. The van der Waals surface area contributed by atoms with E-state index in [0.717, 1.165) is 5.52 Å². The molecule has 22 heavy (non-hydrogen) atoms. The molecule has 0 fully saturated rings. The summed E-state index contributed by atoms with van der Waals surface area (Å²) in [6, 6.07) is 8.96. The van der Waals surface area contributed by atoms with Crippen LogP contribution < -0.4 is 11.1 Å². The van der Waals surface area contributed by atoms with Crippen molar-refractivity contribution in [2.24, 2.45) is 5.73 Å². The van der Waals surface area contributed by atoms with E-state index in [9.17, 15) is 9.59 Å². The minimum absolute atomic E-state index is 0.128. The number of hydrogen-bond acceptors (Lipinski definition) is 6. The van der Waals surface area contributed by atoms with E-state index in [1.807, 2.05) is 24.3 Å². The predicted octanol–water partition coefficient (Wildman–Crippen LogP) is 2.72. The van der Waals surface area contributed by atoms with Crippen LogP contribution in [-0.4, -0.2) is 22.6 Å². The van der Waals surface area contributed by atoms with Gasteiger partial charge in [-0.15, -0.1) is 11.3 Å². The van der Waals surface area contributed by atoms with E-state index in [0.29, 0.717) is 21.4 Å². The Labute approximate surface area is 133 Å². The number of carbonyl (C=O) groups is 2. The van der Waals surface area contributed by atoms with E-state index in [1.165, 1.54) is 23.1 Å². The molecule has 0 unspecified atom stereocenters. The molecule has 0 saturated carbocycles. The van der Waals surface area contributed by atoms with Crippen LogP contribution in [0.2, 0.25) is 0 Å². The molecule has 3 rings (SSSR count). The number of aromatic nitrogens is 1. The number of rotatable bonds is 5. The van der Waals surface area contributed by atoms with E-state index in [2.05, 4.69) is 10.3 Å². The highest BCUT2D eigenvalue weighted by Crippen LogP contribution is 2.25. The lowest BCUT2D eigenvalue weighted by Gasteiger charge is -2.02. The summed E-state index contributed by atoms with van der Waals surface area (Å²) in [5.41, 5.74) is 6.97. The average molecular weight is 333 g/mol. The molecule has 0 radical (unpaired) electrons. The fourth-order valence-corrected chi connectivity index (χ4v) is 3.25. The molecule has 0 bridgehead atoms. The lowest BCUT2D eigenvalue weighted by molar-refractivity contribution is -0.113. The molecular weight excluding hydrogens is 322 g/mol. The number of nitrogens with one attached hydrogen (secondary N) is 1. The normalized spacial score (nSPS) is 10.7. The van der Waals surface area contributed by atoms with Gasteiger partial charge in [-0.05, 0) is 23.6 Å². The SMILES string of the molecule is NC(=O)c1ccsc1NC(=O)CSc1nc2ccccc2o1. The minimum atomic E-state index is -0.567. The zero-order chi connectivity index (χ0) is 15.5. The van der Waals surface area contributed by atoms with Crippen LogP contribution in [0.4, 0.5) is 5.00 Å². The van der Waals surface area contributed by atoms with E-state index in [-0.39, 0.29) is 11.7 Å². The quantitative estimate of drug-likeness (QED) is 0.700. The van der Waals surface area contributed by atoms with Gasteiger partial charge in [0.15, 0.2) is 5.58 Å². The Morgan fingerprint density at radius 2 is 2.14 bits per heavy atom. The molecular formula is C14H11N3O3S2. The van der Waals surface area contributed by atoms with Gasteiger partial charge in [0.1, 0.15) is 10.5 Å². The van der Waals surface area contributed by atoms with Gasteiger partial charge in [-0.25, -0.2) is 4.98 Å². The molecule has 0 saturated heterocycles. The number of fused-ring (bicyclic) bond motifs is 1. The third-order valence-corrected chi connectivity index (χ3v) is 4.44. The average Bonchev–Trinajstić information content (AvgIpc) is 3.10. The molecule has 2 amide bonds. The number of nitrogens with two attached hydrogens (primary N) is 1. The summed E-state index contributed by atoms with van der Waals surface area (Å²) in [4.78, 5) is 27.4. The van der Waals surface area contributed by atoms with Gasteiger partial charge in [0.05, 0.1) is 11.3 Å². The van der Waals surface area contributed by atoms with Gasteiger partial charge < -0.3 is 15.5 Å². The number of hydrogen-bond donors (Lipinski definition) is 2. The summed E-state index contributed by atoms with van der Waals surface area (Å²) in [6.07, 6.45) is 0. The molecule has 2 aromatic heterocycles. The van der Waals surface area contributed by atoms with Crippen LogP contribution >= 0.6 is 23.1 Å². The Kier molecular flexibility index (Phi) is 4.12. The number of thioether (sulfide) groups is 1. The van der Waals surface area contributed by atoms with Gasteiger partial charge in [0.25, 0.3) is 11.1 Å². The number of anilines is 1. The molecule has 0 atom stereocenters. The van der Waals surface area contributed by atoms with Crippen LogP contribution in [-0.2, 0) is 4.79 Å². The van der Waals surface area contributed by atoms with Gasteiger partial charge in [0, 0.05) is 0 Å². The third-order valence-electron chi connectivity index (χ3n) is 2.78. The second-order valence-corrected chi connectivity index (χ2v) is 6.15. The summed E-state index contributed by atoms with van der Waals surface area (Å²) in [5.74, 6) is -0.691. The molecule has 0 aliphatic rings. The zero-order valence-electron chi connectivity index (χ0n) is 11.2. The van der Waals surface area contributed by atoms with Crippen molar-refractivity contribution in [2.75, 3.05) is 11.1 Å². The molecule has 112 valence electrons. The topological polar surface area (TPSA) is 98.2 Å². The number of primary amides is 1. The van der Waals surface area contributed by atoms with Crippen molar-refractivity contribution in [3.05, 3.63) is 41.3 Å². The van der Waals surface area contributed by atoms with Gasteiger partial charge in [0.2, 0.25) is 5.91 Å². The Morgan fingerprint density at radius 3 is 2.91 bits per heavy atom. The van der Waals surface area contributed by atoms with Crippen LogP contribution in [0.15, 0.2) is 45.4 Å². The molecule has 8 heteroatoms. The highest BCUT2D eigenvalue weighted by molar-refractivity contribution is 7.99. The van der Waals surface area contributed by atoms with Crippen molar-refractivity contribution < 1.29 is 14.0 Å². The van der Waals surface area contributed by atoms with Crippen LogP contribution in [0.25, 0.3) is 11.1 Å². The monoisotopic (exact) mass is 333 g/mol. The van der Waals surface area contributed by atoms with Crippen molar-refractivity contribution >= 4 is 51.0 Å². The molecule has 0 spiro atoms. The summed E-state index contributed by atoms with van der Waals surface area (Å²) >= 11 is 2.44. The van der Waals surface area contributed by atoms with Crippen molar-refractivity contribution in [3.8, 4) is 0 Å². The summed E-state index contributed by atoms with van der Waals surface area (Å²) in [5, 5.41) is 5.25. The maximum Gasteiger partial charge on any atom is 0.257 e. The van der Waals surface area contributed by atoms with Gasteiger partial charge >= 0.3 is 0 Å². The van der Waals surface area contributed by atoms with Crippen LogP contribution in [0, 0.1) is 0 Å². The van der Waals surface area contributed by atoms with Gasteiger partial charge in [-0.3, -0.25) is 9.59 Å². The number of oxazole rings is 1. The molecule has 0 aliphatic carbocycles. The summed E-state index contributed by atoms with van der Waals surface area (Å²) in [7, 11) is 0. The predicted molar refractivity (Wildman–Crippen MR) is 86.2 cm³/mol. The van der Waals surface area contributed by atoms with E-state index < -0.39 is 5.91 Å². The lowest BCUT2D eigenvalue weighted by atomic mass is 10.3. The maximum atomic E-state index is 11.9. The number of carbonyl (C=O) groups excluding carboxylic acids is 2. The maximum absolute atomic E-state index is 11.9. The standard InChI is InChI=1S/C14H11N3O3S2/c15-12(19)8-5-6-21-13(8)17-11(18)7-22-14-16-9-3-1-2-4-10(9)20-14/h1-6H,7H2,(H2,15,19)(H,17,18). The minimum Gasteiger partial charge on any atom is -0.431 e. The van der Waals surface area contributed by atoms with Crippen LogP contribution in [0.1, 0.15) is 10.4 Å². The zero-order valence-corrected chi connectivity index (χ0v) is 12.9. The third kappa shape index (κ3) is 3.12. The summed E-state index contributed by atoms with van der Waals surface area (Å²) < 4.78 is 5.52. The first kappa shape index (κ1) is 14.6. The lowest BCUT2D eigenvalue weighted by Crippen LogP contribution is -2.17. The Morgan fingerprint density at radius 1 is 1.32 bits per heavy atom. The molecule has 3 aromatic rings. The fourth-order valence-electron chi connectivity index (χ4n) is 1.80.